The van der Waals surface area contributed by atoms with Crippen LogP contribution in [0.1, 0.15) is 92.9 Å². The van der Waals surface area contributed by atoms with Crippen molar-refractivity contribution in [3.8, 4) is 0 Å². The highest BCUT2D eigenvalue weighted by atomic mass is 16.3. The Labute approximate surface area is 148 Å². The van der Waals surface area contributed by atoms with Crippen LogP contribution in [0.15, 0.2) is 5.11 Å². The van der Waals surface area contributed by atoms with Gasteiger partial charge in [-0.3, -0.25) is 0 Å². The Morgan fingerprint density at radius 1 is 1.21 bits per heavy atom. The van der Waals surface area contributed by atoms with Gasteiger partial charge >= 0.3 is 0 Å². The van der Waals surface area contributed by atoms with E-state index in [4.69, 9.17) is 5.53 Å². The van der Waals surface area contributed by atoms with Gasteiger partial charge in [0.25, 0.3) is 0 Å². The fourth-order valence-corrected chi connectivity index (χ4v) is 6.12. The predicted molar refractivity (Wildman–Crippen MR) is 99.7 cm³/mol. The zero-order valence-corrected chi connectivity index (χ0v) is 16.6. The highest BCUT2D eigenvalue weighted by molar-refractivity contribution is 5.10. The molecule has 0 aromatic rings. The van der Waals surface area contributed by atoms with Crippen molar-refractivity contribution in [1.82, 2.24) is 0 Å². The minimum Gasteiger partial charge on any atom is -0.390 e. The maximum absolute atomic E-state index is 10.5. The van der Waals surface area contributed by atoms with Crippen LogP contribution in [-0.4, -0.2) is 16.2 Å². The maximum Gasteiger partial charge on any atom is 0.0617 e. The summed E-state index contributed by atoms with van der Waals surface area (Å²) in [6, 6.07) is 0. The van der Waals surface area contributed by atoms with Crippen molar-refractivity contribution in [3.05, 3.63) is 10.4 Å². The van der Waals surface area contributed by atoms with E-state index in [0.29, 0.717) is 17.3 Å². The molecule has 0 radical (unpaired) electrons. The molecule has 2 fully saturated rings. The summed E-state index contributed by atoms with van der Waals surface area (Å²) in [5.41, 5.74) is 8.78. The Morgan fingerprint density at radius 3 is 2.46 bits per heavy atom. The van der Waals surface area contributed by atoms with E-state index in [1.807, 2.05) is 13.8 Å². The molecule has 4 nitrogen and oxygen atoms in total. The van der Waals surface area contributed by atoms with Crippen LogP contribution in [0.4, 0.5) is 0 Å². The molecule has 0 bridgehead atoms. The van der Waals surface area contributed by atoms with Gasteiger partial charge in [-0.25, -0.2) is 0 Å². The van der Waals surface area contributed by atoms with Gasteiger partial charge in [0.2, 0.25) is 0 Å². The second-order valence-electron chi connectivity index (χ2n) is 9.93. The summed E-state index contributed by atoms with van der Waals surface area (Å²) in [6.45, 7) is 13.4. The Balaban J connectivity index is 2.38. The Morgan fingerprint density at radius 2 is 1.88 bits per heavy atom. The number of hydrogen-bond donors (Lipinski definition) is 1. The molecule has 0 amide bonds. The van der Waals surface area contributed by atoms with Crippen molar-refractivity contribution in [2.45, 2.75) is 104 Å². The molecule has 2 aliphatic carbocycles. The minimum absolute atomic E-state index is 0.201. The third kappa shape index (κ3) is 3.46. The molecule has 0 heterocycles. The van der Waals surface area contributed by atoms with Crippen LogP contribution in [0.3, 0.4) is 0 Å². The van der Waals surface area contributed by atoms with Crippen molar-refractivity contribution in [2.75, 3.05) is 0 Å². The summed E-state index contributed by atoms with van der Waals surface area (Å²) in [4.78, 5) is 3.21. The van der Waals surface area contributed by atoms with Crippen molar-refractivity contribution < 1.29 is 5.11 Å². The first kappa shape index (κ1) is 19.6. The van der Waals surface area contributed by atoms with E-state index in [1.165, 1.54) is 19.3 Å². The lowest BCUT2D eigenvalue weighted by Gasteiger charge is -2.62. The maximum atomic E-state index is 10.5. The molecule has 138 valence electrons. The highest BCUT2D eigenvalue weighted by Gasteiger charge is 2.57. The molecule has 0 saturated heterocycles. The lowest BCUT2D eigenvalue weighted by molar-refractivity contribution is -0.109. The van der Waals surface area contributed by atoms with Crippen molar-refractivity contribution in [1.29, 1.82) is 0 Å². The Bertz CT molecular complexity index is 509. The lowest BCUT2D eigenvalue weighted by Crippen LogP contribution is -2.57. The van der Waals surface area contributed by atoms with Crippen LogP contribution in [0.2, 0.25) is 0 Å². The second-order valence-corrected chi connectivity index (χ2v) is 9.93. The average Bonchev–Trinajstić information content (AvgIpc) is 2.45. The van der Waals surface area contributed by atoms with Crippen molar-refractivity contribution in [3.63, 3.8) is 0 Å². The molecular weight excluding hydrogens is 298 g/mol. The van der Waals surface area contributed by atoms with Gasteiger partial charge < -0.3 is 5.11 Å². The van der Waals surface area contributed by atoms with Crippen LogP contribution < -0.4 is 0 Å². The average molecular weight is 336 g/mol. The number of nitrogens with zero attached hydrogens (tertiary/aromatic N) is 3. The van der Waals surface area contributed by atoms with Gasteiger partial charge in [-0.15, -0.1) is 0 Å². The molecule has 0 aromatic heterocycles. The fraction of sp³-hybridized carbons (Fsp3) is 1.00. The number of azide groups is 1. The molecular formula is C20H37N3O. The van der Waals surface area contributed by atoms with Crippen LogP contribution in [0.25, 0.3) is 10.4 Å². The van der Waals surface area contributed by atoms with E-state index >= 15 is 0 Å². The second kappa shape index (κ2) is 6.53. The van der Waals surface area contributed by atoms with E-state index in [9.17, 15) is 5.11 Å². The molecule has 2 aliphatic rings. The largest absolute Gasteiger partial charge is 0.390 e. The normalized spacial score (nSPS) is 41.0. The highest BCUT2D eigenvalue weighted by Crippen LogP contribution is 2.63. The third-order valence-corrected chi connectivity index (χ3v) is 7.77. The number of fused-ring (bicyclic) bond motifs is 1. The first-order valence-corrected chi connectivity index (χ1v) is 9.79. The smallest absolute Gasteiger partial charge is 0.0617 e. The van der Waals surface area contributed by atoms with Crippen LogP contribution in [0.5, 0.6) is 0 Å². The van der Waals surface area contributed by atoms with Gasteiger partial charge in [0.1, 0.15) is 0 Å². The molecule has 5 atom stereocenters. The van der Waals surface area contributed by atoms with Gasteiger partial charge in [0, 0.05) is 10.5 Å². The van der Waals surface area contributed by atoms with E-state index in [1.54, 1.807) is 0 Å². The van der Waals surface area contributed by atoms with E-state index < -0.39 is 5.60 Å². The number of rotatable bonds is 5. The van der Waals surface area contributed by atoms with Gasteiger partial charge in [0.15, 0.2) is 0 Å². The summed E-state index contributed by atoms with van der Waals surface area (Å²) in [7, 11) is 0. The molecule has 0 aromatic carbocycles. The number of hydrogen-bond acceptors (Lipinski definition) is 2. The van der Waals surface area contributed by atoms with Gasteiger partial charge in [-0.05, 0) is 80.1 Å². The van der Waals surface area contributed by atoms with Gasteiger partial charge in [0.05, 0.1) is 5.60 Å². The van der Waals surface area contributed by atoms with Gasteiger partial charge in [-0.1, -0.05) is 46.2 Å². The van der Waals surface area contributed by atoms with Crippen LogP contribution >= 0.6 is 0 Å². The first-order valence-electron chi connectivity index (χ1n) is 9.79. The quantitative estimate of drug-likeness (QED) is 0.360. The first-order chi connectivity index (χ1) is 11.0. The summed E-state index contributed by atoms with van der Waals surface area (Å²) < 4.78 is 0. The molecule has 0 unspecified atom stereocenters. The van der Waals surface area contributed by atoms with Crippen LogP contribution in [-0.2, 0) is 0 Å². The van der Waals surface area contributed by atoms with E-state index in [-0.39, 0.29) is 11.0 Å². The minimum atomic E-state index is -0.620. The summed E-state index contributed by atoms with van der Waals surface area (Å²) in [6.07, 6.45) is 8.39. The molecule has 0 spiro atoms. The molecule has 4 heteroatoms. The summed E-state index contributed by atoms with van der Waals surface area (Å²) in [5, 5.41) is 14.8. The summed E-state index contributed by atoms with van der Waals surface area (Å²) >= 11 is 0. The zero-order chi connectivity index (χ0) is 18.2. The standard InChI is InChI=1S/C20H37N3O/c1-7-18(4,24)13-9-16-19(5)12-8-11-17(2,3)15(19)10-14-20(16,6)22-23-21/h15-16,24H,7-14H2,1-6H3/t15-,16+,18-,19-,20+/m0/s1. The number of aliphatic hydroxyl groups is 1. The Hall–Kier alpha value is -0.730. The molecule has 24 heavy (non-hydrogen) atoms. The molecule has 1 N–H and O–H groups in total. The van der Waals surface area contributed by atoms with Crippen molar-refractivity contribution in [2.24, 2.45) is 27.8 Å². The van der Waals surface area contributed by atoms with Crippen molar-refractivity contribution >= 4 is 0 Å². The Kier molecular flexibility index (Phi) is 5.33. The van der Waals surface area contributed by atoms with Crippen LogP contribution in [0, 0.1) is 22.7 Å². The lowest BCUT2D eigenvalue weighted by atomic mass is 9.44. The monoisotopic (exact) mass is 335 g/mol. The molecule has 0 aliphatic heterocycles. The third-order valence-electron chi connectivity index (χ3n) is 7.77. The zero-order valence-electron chi connectivity index (χ0n) is 16.6. The van der Waals surface area contributed by atoms with E-state index in [0.717, 1.165) is 32.1 Å². The molecule has 2 saturated carbocycles. The van der Waals surface area contributed by atoms with Gasteiger partial charge in [-0.2, -0.15) is 0 Å². The van der Waals surface area contributed by atoms with E-state index in [2.05, 4.69) is 37.7 Å². The predicted octanol–water partition coefficient (Wildman–Crippen LogP) is 6.24. The SMILES string of the molecule is CC[C@](C)(O)CC[C@@H]1[C@@]2(C)CCCC(C)(C)[C@@H]2CC[C@@]1(C)N=[N+]=[N-]. The summed E-state index contributed by atoms with van der Waals surface area (Å²) in [5.74, 6) is 1.02. The fourth-order valence-electron chi connectivity index (χ4n) is 6.12. The topological polar surface area (TPSA) is 69.0 Å². The molecule has 2 rings (SSSR count).